The summed E-state index contributed by atoms with van der Waals surface area (Å²) in [5.74, 6) is 0. The molecule has 0 aromatic carbocycles. The lowest BCUT2D eigenvalue weighted by atomic mass is 9.73. The molecule has 100 valence electrons. The summed E-state index contributed by atoms with van der Waals surface area (Å²) in [6, 6.07) is 0. The molecule has 0 N–H and O–H groups in total. The van der Waals surface area contributed by atoms with Gasteiger partial charge in [-0.3, -0.25) is 0 Å². The Bertz CT molecular complexity index is 115. The fourth-order valence-corrected chi connectivity index (χ4v) is 2.26. The minimum atomic E-state index is 0.730. The molecule has 0 unspecified atom stereocenters. The second-order valence-electron chi connectivity index (χ2n) is 4.97. The molecule has 0 heterocycles. The highest BCUT2D eigenvalue weighted by atomic mass is 31.1. The van der Waals surface area contributed by atoms with Crippen LogP contribution in [0.5, 0.6) is 0 Å². The van der Waals surface area contributed by atoms with Gasteiger partial charge < -0.3 is 0 Å². The van der Waals surface area contributed by atoms with Crippen LogP contribution in [0.2, 0.25) is 0 Å². The average Bonchev–Trinajstić information content (AvgIpc) is 2.31. The third kappa shape index (κ3) is 10.9. The smallest absolute Gasteiger partial charge is 0.0326 e. The van der Waals surface area contributed by atoms with Gasteiger partial charge in [0.05, 0.1) is 0 Å². The van der Waals surface area contributed by atoms with E-state index < -0.39 is 0 Å². The van der Waals surface area contributed by atoms with Gasteiger partial charge >= 0.3 is 0 Å². The molecule has 1 fully saturated rings. The van der Waals surface area contributed by atoms with Crippen molar-refractivity contribution >= 4 is 8.58 Å². The van der Waals surface area contributed by atoms with E-state index in [0.717, 1.165) is 14.0 Å². The van der Waals surface area contributed by atoms with E-state index in [1.807, 2.05) is 13.8 Å². The minimum Gasteiger partial charge on any atom is -0.129 e. The maximum absolute atomic E-state index is 2.49. The van der Waals surface area contributed by atoms with Crippen molar-refractivity contribution in [1.82, 2.24) is 0 Å². The van der Waals surface area contributed by atoms with Gasteiger partial charge in [0.1, 0.15) is 0 Å². The van der Waals surface area contributed by atoms with Crippen LogP contribution in [0.1, 0.15) is 79.1 Å². The first kappa shape index (κ1) is 18.8. The van der Waals surface area contributed by atoms with Crippen molar-refractivity contribution < 1.29 is 0 Å². The van der Waals surface area contributed by atoms with E-state index in [0.29, 0.717) is 0 Å². The van der Waals surface area contributed by atoms with Gasteiger partial charge in [-0.25, -0.2) is 0 Å². The quantitative estimate of drug-likeness (QED) is 0.528. The Kier molecular flexibility index (Phi) is 15.8. The molecule has 1 rings (SSSR count). The fraction of sp³-hybridized carbons (Fsp3) is 1.00. The Morgan fingerprint density at radius 2 is 1.44 bits per heavy atom. The Balaban J connectivity index is 0. The number of unbranched alkanes of at least 4 members (excludes halogenated alkanes) is 1. The molecule has 0 saturated heterocycles. The number of hydrogen-bond donors (Lipinski definition) is 0. The van der Waals surface area contributed by atoms with Crippen molar-refractivity contribution in [3.8, 4) is 0 Å². The lowest BCUT2D eigenvalue weighted by Crippen LogP contribution is -2.19. The predicted octanol–water partition coefficient (Wildman–Crippen LogP) is 6.10. The monoisotopic (exact) mass is 246 g/mol. The molecule has 1 heteroatoms. The molecule has 0 radical (unpaired) electrons. The van der Waals surface area contributed by atoms with Gasteiger partial charge in [0.15, 0.2) is 0 Å². The van der Waals surface area contributed by atoms with Crippen molar-refractivity contribution in [2.45, 2.75) is 79.1 Å². The van der Waals surface area contributed by atoms with Gasteiger partial charge in [0.2, 0.25) is 0 Å². The second kappa shape index (κ2) is 13.5. The van der Waals surface area contributed by atoms with Gasteiger partial charge in [-0.15, -0.1) is 8.58 Å². The summed E-state index contributed by atoms with van der Waals surface area (Å²) in [5, 5.41) is 0. The van der Waals surface area contributed by atoms with E-state index in [9.17, 15) is 0 Å². The molecule has 0 aliphatic heterocycles. The zero-order valence-electron chi connectivity index (χ0n) is 12.7. The lowest BCUT2D eigenvalue weighted by Gasteiger charge is -2.33. The highest BCUT2D eigenvalue weighted by Crippen LogP contribution is 2.39. The normalized spacial score (nSPS) is 17.6. The maximum Gasteiger partial charge on any atom is -0.0326 e. The molecule has 0 atom stereocenters. The van der Waals surface area contributed by atoms with Crippen LogP contribution >= 0.6 is 8.58 Å². The topological polar surface area (TPSA) is 0 Å². The largest absolute Gasteiger partial charge is 0.129 e. The molecule has 0 aromatic rings. The molecule has 0 spiro atoms. The molecule has 0 bridgehead atoms. The van der Waals surface area contributed by atoms with Crippen molar-refractivity contribution in [3.05, 3.63) is 0 Å². The molecule has 1 aliphatic carbocycles. The Labute approximate surface area is 107 Å². The first-order valence-electron chi connectivity index (χ1n) is 7.27. The van der Waals surface area contributed by atoms with Crippen molar-refractivity contribution in [2.75, 3.05) is 13.3 Å². The van der Waals surface area contributed by atoms with Crippen LogP contribution in [0, 0.1) is 5.41 Å². The van der Waals surface area contributed by atoms with E-state index >= 15 is 0 Å². The predicted molar refractivity (Wildman–Crippen MR) is 82.2 cm³/mol. The van der Waals surface area contributed by atoms with Crippen LogP contribution in [0.15, 0.2) is 0 Å². The van der Waals surface area contributed by atoms with Gasteiger partial charge in [-0.1, -0.05) is 59.8 Å². The fourth-order valence-electron chi connectivity index (χ4n) is 2.26. The van der Waals surface area contributed by atoms with Crippen molar-refractivity contribution in [1.29, 1.82) is 0 Å². The summed E-state index contributed by atoms with van der Waals surface area (Å²) in [7, 11) is 1.08. The minimum absolute atomic E-state index is 0.730. The molecule has 0 nitrogen and oxygen atoms in total. The van der Waals surface area contributed by atoms with Gasteiger partial charge in [0.25, 0.3) is 0 Å². The molecule has 1 saturated carbocycles. The van der Waals surface area contributed by atoms with Crippen LogP contribution in [0.25, 0.3) is 0 Å². The third-order valence-corrected chi connectivity index (χ3v) is 3.19. The van der Waals surface area contributed by atoms with Crippen molar-refractivity contribution in [3.63, 3.8) is 0 Å². The number of rotatable bonds is 3. The molecule has 1 aliphatic rings. The summed E-state index contributed by atoms with van der Waals surface area (Å²) in [6.07, 6.45) is 11.7. The average molecular weight is 246 g/mol. The SMILES string of the molecule is CC.CCCCC1(C)CCCCC1.CPC. The zero-order valence-corrected chi connectivity index (χ0v) is 13.7. The van der Waals surface area contributed by atoms with Crippen LogP contribution in [0.3, 0.4) is 0 Å². The summed E-state index contributed by atoms with van der Waals surface area (Å²) < 4.78 is 0. The third-order valence-electron chi connectivity index (χ3n) is 3.19. The molecule has 16 heavy (non-hydrogen) atoms. The first-order valence-corrected chi connectivity index (χ1v) is 9.27. The van der Waals surface area contributed by atoms with Crippen LogP contribution in [-0.2, 0) is 0 Å². The van der Waals surface area contributed by atoms with E-state index in [4.69, 9.17) is 0 Å². The van der Waals surface area contributed by atoms with Gasteiger partial charge in [-0.2, -0.15) is 0 Å². The standard InChI is InChI=1S/C11H22.C2H7P.C2H6/c1-3-4-8-11(2)9-6-5-7-10-11;1-3-2;1-2/h3-10H2,1-2H3;3H,1-2H3;1-2H3. The van der Waals surface area contributed by atoms with E-state index in [-0.39, 0.29) is 0 Å². The van der Waals surface area contributed by atoms with Crippen LogP contribution in [-0.4, -0.2) is 13.3 Å². The van der Waals surface area contributed by atoms with Crippen LogP contribution < -0.4 is 0 Å². The molecule has 0 amide bonds. The second-order valence-corrected chi connectivity index (χ2v) is 5.97. The van der Waals surface area contributed by atoms with Gasteiger partial charge in [-0.05, 0) is 38.0 Å². The molecule has 0 aromatic heterocycles. The van der Waals surface area contributed by atoms with Crippen molar-refractivity contribution in [2.24, 2.45) is 5.41 Å². The molecular weight excluding hydrogens is 211 g/mol. The maximum atomic E-state index is 2.49. The number of hydrogen-bond acceptors (Lipinski definition) is 0. The summed E-state index contributed by atoms with van der Waals surface area (Å²) in [4.78, 5) is 0. The van der Waals surface area contributed by atoms with Gasteiger partial charge in [0, 0.05) is 0 Å². The Hall–Kier alpha value is 0.430. The Morgan fingerprint density at radius 3 is 1.81 bits per heavy atom. The summed E-state index contributed by atoms with van der Waals surface area (Å²) in [5.41, 5.74) is 0.730. The highest BCUT2D eigenvalue weighted by molar-refractivity contribution is 7.35. The van der Waals surface area contributed by atoms with E-state index in [1.54, 1.807) is 0 Å². The summed E-state index contributed by atoms with van der Waals surface area (Å²) >= 11 is 0. The van der Waals surface area contributed by atoms with E-state index in [2.05, 4.69) is 27.2 Å². The van der Waals surface area contributed by atoms with Crippen LogP contribution in [0.4, 0.5) is 0 Å². The lowest BCUT2D eigenvalue weighted by molar-refractivity contribution is 0.194. The molecular formula is C15H35P. The highest BCUT2D eigenvalue weighted by Gasteiger charge is 2.25. The Morgan fingerprint density at radius 1 is 1.00 bits per heavy atom. The zero-order chi connectivity index (χ0) is 12.9. The van der Waals surface area contributed by atoms with E-state index in [1.165, 1.54) is 51.4 Å². The summed E-state index contributed by atoms with van der Waals surface area (Å²) in [6.45, 7) is 13.1. The first-order chi connectivity index (χ1) is 7.68.